The summed E-state index contributed by atoms with van der Waals surface area (Å²) in [6.07, 6.45) is 8.07. The number of nitrogens with one attached hydrogen (secondary N) is 1. The Bertz CT molecular complexity index is 250. The van der Waals surface area contributed by atoms with E-state index in [4.69, 9.17) is 0 Å². The Hall–Kier alpha value is -0.830. The van der Waals surface area contributed by atoms with E-state index in [-0.39, 0.29) is 0 Å². The van der Waals surface area contributed by atoms with E-state index in [0.717, 1.165) is 12.6 Å². The molecule has 0 bridgehead atoms. The Morgan fingerprint density at radius 3 is 3.00 bits per heavy atom. The topological polar surface area (TPSA) is 29.9 Å². The highest BCUT2D eigenvalue weighted by atomic mass is 15.2. The molecule has 3 nitrogen and oxygen atoms in total. The third kappa shape index (κ3) is 1.67. The van der Waals surface area contributed by atoms with Gasteiger partial charge < -0.3 is 5.32 Å². The minimum absolute atomic E-state index is 0.769. The molecule has 0 aromatic carbocycles. The Labute approximate surface area is 72.8 Å². The van der Waals surface area contributed by atoms with Gasteiger partial charge in [0.15, 0.2) is 0 Å². The summed E-state index contributed by atoms with van der Waals surface area (Å²) in [5.74, 6) is 0. The summed E-state index contributed by atoms with van der Waals surface area (Å²) in [6, 6.07) is 0.769. The summed E-state index contributed by atoms with van der Waals surface area (Å²) >= 11 is 0. The minimum atomic E-state index is 0.769. The second-order valence-corrected chi connectivity index (χ2v) is 3.53. The highest BCUT2D eigenvalue weighted by molar-refractivity contribution is 5.03. The summed E-state index contributed by atoms with van der Waals surface area (Å²) in [6.45, 7) is 0.971. The van der Waals surface area contributed by atoms with Crippen LogP contribution in [0.4, 0.5) is 0 Å². The smallest absolute Gasteiger partial charge is 0.0534 e. The zero-order valence-electron chi connectivity index (χ0n) is 7.45. The standard InChI is InChI=1S/C9H15N3/c1-12-7-8(6-11-12)5-10-9-3-2-4-9/h6-7,9-10H,2-5H2,1H3. The molecule has 3 heteroatoms. The molecule has 0 spiro atoms. The van der Waals surface area contributed by atoms with Gasteiger partial charge in [0.05, 0.1) is 6.20 Å². The molecule has 1 saturated carbocycles. The van der Waals surface area contributed by atoms with Gasteiger partial charge in [-0.15, -0.1) is 0 Å². The maximum atomic E-state index is 4.12. The second kappa shape index (κ2) is 3.27. The van der Waals surface area contributed by atoms with Gasteiger partial charge in [-0.2, -0.15) is 5.10 Å². The minimum Gasteiger partial charge on any atom is -0.310 e. The molecule has 0 unspecified atom stereocenters. The van der Waals surface area contributed by atoms with Crippen molar-refractivity contribution >= 4 is 0 Å². The van der Waals surface area contributed by atoms with E-state index in [1.807, 2.05) is 17.9 Å². The van der Waals surface area contributed by atoms with Crippen LogP contribution in [0.1, 0.15) is 24.8 Å². The van der Waals surface area contributed by atoms with Gasteiger partial charge in [0.1, 0.15) is 0 Å². The SMILES string of the molecule is Cn1cc(CNC2CCC2)cn1. The van der Waals surface area contributed by atoms with Gasteiger partial charge in [0.2, 0.25) is 0 Å². The summed E-state index contributed by atoms with van der Waals surface area (Å²) in [5.41, 5.74) is 1.28. The van der Waals surface area contributed by atoms with Crippen LogP contribution in [0.3, 0.4) is 0 Å². The predicted octanol–water partition coefficient (Wildman–Crippen LogP) is 1.06. The molecule has 1 N–H and O–H groups in total. The third-order valence-electron chi connectivity index (χ3n) is 2.46. The van der Waals surface area contributed by atoms with Crippen molar-refractivity contribution in [3.05, 3.63) is 18.0 Å². The number of hydrogen-bond donors (Lipinski definition) is 1. The zero-order valence-corrected chi connectivity index (χ0v) is 7.45. The van der Waals surface area contributed by atoms with Crippen molar-refractivity contribution in [2.45, 2.75) is 31.8 Å². The first-order valence-corrected chi connectivity index (χ1v) is 4.55. The van der Waals surface area contributed by atoms with Gasteiger partial charge >= 0.3 is 0 Å². The van der Waals surface area contributed by atoms with Crippen LogP contribution in [-0.4, -0.2) is 15.8 Å². The van der Waals surface area contributed by atoms with Crippen LogP contribution in [0.25, 0.3) is 0 Å². The lowest BCUT2D eigenvalue weighted by molar-refractivity contribution is 0.338. The highest BCUT2D eigenvalue weighted by Gasteiger charge is 2.15. The molecule has 1 aromatic heterocycles. The molecule has 1 heterocycles. The van der Waals surface area contributed by atoms with Gasteiger partial charge in [0.25, 0.3) is 0 Å². The molecule has 12 heavy (non-hydrogen) atoms. The van der Waals surface area contributed by atoms with Gasteiger partial charge in [0, 0.05) is 31.4 Å². The molecule has 1 aliphatic rings. The number of aromatic nitrogens is 2. The van der Waals surface area contributed by atoms with Gasteiger partial charge in [-0.1, -0.05) is 6.42 Å². The molecule has 0 saturated heterocycles. The first-order chi connectivity index (χ1) is 5.84. The number of nitrogens with zero attached hydrogens (tertiary/aromatic N) is 2. The molecule has 0 radical (unpaired) electrons. The molecule has 0 aliphatic heterocycles. The Morgan fingerprint density at radius 1 is 1.67 bits per heavy atom. The van der Waals surface area contributed by atoms with Crippen LogP contribution >= 0.6 is 0 Å². The first kappa shape index (κ1) is 7.80. The molecular formula is C9H15N3. The monoisotopic (exact) mass is 165 g/mol. The fourth-order valence-electron chi connectivity index (χ4n) is 1.44. The maximum Gasteiger partial charge on any atom is 0.0534 e. The average Bonchev–Trinajstić information content (AvgIpc) is 2.32. The lowest BCUT2D eigenvalue weighted by atomic mass is 9.93. The van der Waals surface area contributed by atoms with Gasteiger partial charge in [-0.05, 0) is 12.8 Å². The molecule has 1 fully saturated rings. The van der Waals surface area contributed by atoms with E-state index < -0.39 is 0 Å². The van der Waals surface area contributed by atoms with Crippen molar-refractivity contribution in [1.82, 2.24) is 15.1 Å². The van der Waals surface area contributed by atoms with Crippen LogP contribution in [0.5, 0.6) is 0 Å². The van der Waals surface area contributed by atoms with Crippen molar-refractivity contribution in [2.24, 2.45) is 7.05 Å². The Kier molecular flexibility index (Phi) is 2.13. The fraction of sp³-hybridized carbons (Fsp3) is 0.667. The molecule has 1 aliphatic carbocycles. The predicted molar refractivity (Wildman–Crippen MR) is 47.7 cm³/mol. The van der Waals surface area contributed by atoms with Crippen molar-refractivity contribution in [3.8, 4) is 0 Å². The van der Waals surface area contributed by atoms with Crippen LogP contribution in [-0.2, 0) is 13.6 Å². The number of aryl methyl sites for hydroxylation is 1. The zero-order chi connectivity index (χ0) is 8.39. The Morgan fingerprint density at radius 2 is 2.50 bits per heavy atom. The summed E-state index contributed by atoms with van der Waals surface area (Å²) in [7, 11) is 1.95. The highest BCUT2D eigenvalue weighted by Crippen LogP contribution is 2.18. The van der Waals surface area contributed by atoms with Crippen molar-refractivity contribution in [2.75, 3.05) is 0 Å². The molecule has 0 atom stereocenters. The quantitative estimate of drug-likeness (QED) is 0.726. The fourth-order valence-corrected chi connectivity index (χ4v) is 1.44. The Balaban J connectivity index is 1.79. The number of rotatable bonds is 3. The first-order valence-electron chi connectivity index (χ1n) is 4.55. The average molecular weight is 165 g/mol. The van der Waals surface area contributed by atoms with E-state index >= 15 is 0 Å². The van der Waals surface area contributed by atoms with E-state index in [1.54, 1.807) is 0 Å². The maximum absolute atomic E-state index is 4.12. The molecule has 1 aromatic rings. The van der Waals surface area contributed by atoms with Crippen LogP contribution in [0.15, 0.2) is 12.4 Å². The lowest BCUT2D eigenvalue weighted by Crippen LogP contribution is -2.34. The third-order valence-corrected chi connectivity index (χ3v) is 2.46. The molecular weight excluding hydrogens is 150 g/mol. The van der Waals surface area contributed by atoms with Crippen molar-refractivity contribution < 1.29 is 0 Å². The van der Waals surface area contributed by atoms with Crippen LogP contribution in [0, 0.1) is 0 Å². The van der Waals surface area contributed by atoms with E-state index in [0.29, 0.717) is 0 Å². The van der Waals surface area contributed by atoms with Gasteiger partial charge in [-0.3, -0.25) is 4.68 Å². The number of hydrogen-bond acceptors (Lipinski definition) is 2. The van der Waals surface area contributed by atoms with Crippen LogP contribution < -0.4 is 5.32 Å². The lowest BCUT2D eigenvalue weighted by Gasteiger charge is -2.26. The van der Waals surface area contributed by atoms with Crippen molar-refractivity contribution in [1.29, 1.82) is 0 Å². The van der Waals surface area contributed by atoms with E-state index in [1.165, 1.54) is 24.8 Å². The summed E-state index contributed by atoms with van der Waals surface area (Å²) in [4.78, 5) is 0. The largest absolute Gasteiger partial charge is 0.310 e. The van der Waals surface area contributed by atoms with E-state index in [9.17, 15) is 0 Å². The second-order valence-electron chi connectivity index (χ2n) is 3.53. The summed E-state index contributed by atoms with van der Waals surface area (Å²) < 4.78 is 1.85. The van der Waals surface area contributed by atoms with Crippen molar-refractivity contribution in [3.63, 3.8) is 0 Å². The van der Waals surface area contributed by atoms with Gasteiger partial charge in [-0.25, -0.2) is 0 Å². The summed E-state index contributed by atoms with van der Waals surface area (Å²) in [5, 5.41) is 7.61. The molecule has 2 rings (SSSR count). The van der Waals surface area contributed by atoms with E-state index in [2.05, 4.69) is 16.6 Å². The molecule has 66 valence electrons. The molecule has 0 amide bonds. The normalized spacial score (nSPS) is 17.8. The van der Waals surface area contributed by atoms with Crippen LogP contribution in [0.2, 0.25) is 0 Å².